The number of aromatic nitrogens is 1. The topological polar surface area (TPSA) is 200 Å². The summed E-state index contributed by atoms with van der Waals surface area (Å²) in [4.78, 5) is 65.6. The van der Waals surface area contributed by atoms with Crippen LogP contribution >= 0.6 is 0 Å². The molecule has 1 aromatic carbocycles. The maximum Gasteiger partial charge on any atom is 0.337 e. The quantitative estimate of drug-likeness (QED) is 0.0645. The Kier molecular flexibility index (Phi) is 17.7. The molecular weight excluding hydrogens is 632 g/mol. The number of carbonyl (C=O) groups excluding carboxylic acids is 2. The molecule has 2 aromatic rings. The van der Waals surface area contributed by atoms with Crippen molar-refractivity contribution < 1.29 is 49.1 Å². The minimum absolute atomic E-state index is 0.172. The van der Waals surface area contributed by atoms with Gasteiger partial charge in [0.1, 0.15) is 11.8 Å². The lowest BCUT2D eigenvalue weighted by atomic mass is 9.82. The predicted molar refractivity (Wildman–Crippen MR) is 183 cm³/mol. The van der Waals surface area contributed by atoms with Crippen LogP contribution in [0.15, 0.2) is 54.6 Å². The molecule has 268 valence electrons. The highest BCUT2D eigenvalue weighted by Gasteiger charge is 2.49. The van der Waals surface area contributed by atoms with Crippen molar-refractivity contribution in [3.05, 3.63) is 60.2 Å². The number of ketones is 1. The van der Waals surface area contributed by atoms with E-state index in [2.05, 4.69) is 17.2 Å². The van der Waals surface area contributed by atoms with Crippen LogP contribution in [0.25, 0.3) is 11.3 Å². The molecule has 1 aromatic heterocycles. The molecule has 0 fully saturated rings. The number of allylic oxidation sites excluding steroid dienone is 1. The van der Waals surface area contributed by atoms with Gasteiger partial charge in [-0.2, -0.15) is 0 Å². The van der Waals surface area contributed by atoms with E-state index in [1.807, 2.05) is 0 Å². The first kappa shape index (κ1) is 40.6. The summed E-state index contributed by atoms with van der Waals surface area (Å²) in [5.74, 6) is -7.31. The number of nitrogens with zero attached hydrogens (tertiary/aromatic N) is 1. The molecule has 0 radical (unpaired) electrons. The van der Waals surface area contributed by atoms with Gasteiger partial charge in [-0.3, -0.25) is 14.4 Å². The van der Waals surface area contributed by atoms with Crippen LogP contribution in [-0.2, 0) is 30.4 Å². The second-order valence-corrected chi connectivity index (χ2v) is 12.2. The minimum Gasteiger partial charge on any atom is -0.481 e. The normalized spacial score (nSPS) is 13.7. The third-order valence-corrected chi connectivity index (χ3v) is 8.29. The van der Waals surface area contributed by atoms with Gasteiger partial charge < -0.3 is 30.5 Å². The van der Waals surface area contributed by atoms with Gasteiger partial charge in [0.05, 0.1) is 25.1 Å². The van der Waals surface area contributed by atoms with E-state index in [1.54, 1.807) is 42.5 Å². The molecule has 0 spiro atoms. The number of nitrogens with one attached hydrogen (secondary N) is 1. The number of pyridine rings is 1. The number of carboxylic acids is 3. The summed E-state index contributed by atoms with van der Waals surface area (Å²) >= 11 is 0. The van der Waals surface area contributed by atoms with Gasteiger partial charge in [0.15, 0.2) is 5.60 Å². The van der Waals surface area contributed by atoms with E-state index in [9.17, 15) is 44.4 Å². The molecule has 0 aliphatic heterocycles. The molecule has 0 saturated heterocycles. The number of aliphatic hydroxyl groups is 1. The molecule has 0 unspecified atom stereocenters. The summed E-state index contributed by atoms with van der Waals surface area (Å²) in [5.41, 5.74) is -1.11. The molecule has 2 rings (SSSR count). The third kappa shape index (κ3) is 14.2. The zero-order valence-electron chi connectivity index (χ0n) is 28.4. The fraction of sp³-hybridized carbons (Fsp3) is 0.514. The number of methoxy groups -OCH3 is 1. The number of rotatable bonds is 25. The Morgan fingerprint density at radius 2 is 1.51 bits per heavy atom. The maximum absolute atomic E-state index is 13.4. The SMILES string of the molecule is CCCCCCCC(=O)CCCCCC/C=C/[C@@H](C(=O)N[C@@H](Cc1ccc(-c2cccc(OC)n2)cc1)C(=O)O)[C@@](O)(CC(=O)O)C(=O)O. The number of hydrogen-bond acceptors (Lipinski definition) is 8. The Morgan fingerprint density at radius 3 is 2.08 bits per heavy atom. The summed E-state index contributed by atoms with van der Waals surface area (Å²) in [7, 11) is 1.50. The van der Waals surface area contributed by atoms with Gasteiger partial charge in [0.25, 0.3) is 0 Å². The average Bonchev–Trinajstić information content (AvgIpc) is 3.06. The van der Waals surface area contributed by atoms with Gasteiger partial charge in [0, 0.05) is 30.9 Å². The summed E-state index contributed by atoms with van der Waals surface area (Å²) in [6.07, 6.45) is 11.2. The smallest absolute Gasteiger partial charge is 0.337 e. The Bertz CT molecular complexity index is 1410. The Morgan fingerprint density at radius 1 is 0.878 bits per heavy atom. The highest BCUT2D eigenvalue weighted by atomic mass is 16.5. The molecule has 49 heavy (non-hydrogen) atoms. The van der Waals surface area contributed by atoms with Crippen molar-refractivity contribution in [3.63, 3.8) is 0 Å². The van der Waals surface area contributed by atoms with Crippen molar-refractivity contribution in [2.75, 3.05) is 7.11 Å². The van der Waals surface area contributed by atoms with Gasteiger partial charge in [0.2, 0.25) is 11.8 Å². The van der Waals surface area contributed by atoms with Crippen molar-refractivity contribution in [2.45, 2.75) is 108 Å². The molecule has 0 saturated carbocycles. The second-order valence-electron chi connectivity index (χ2n) is 12.2. The van der Waals surface area contributed by atoms with Gasteiger partial charge in [-0.1, -0.05) is 87.9 Å². The number of benzene rings is 1. The lowest BCUT2D eigenvalue weighted by molar-refractivity contribution is -0.172. The molecule has 1 heterocycles. The van der Waals surface area contributed by atoms with E-state index in [1.165, 1.54) is 19.6 Å². The molecule has 0 aliphatic rings. The maximum atomic E-state index is 13.4. The van der Waals surface area contributed by atoms with Crippen LogP contribution in [-0.4, -0.2) is 73.8 Å². The van der Waals surface area contributed by atoms with Crippen molar-refractivity contribution in [3.8, 4) is 17.1 Å². The van der Waals surface area contributed by atoms with E-state index in [-0.39, 0.29) is 12.2 Å². The molecule has 3 atom stereocenters. The van der Waals surface area contributed by atoms with E-state index >= 15 is 0 Å². The van der Waals surface area contributed by atoms with Crippen LogP contribution in [0, 0.1) is 5.92 Å². The number of carbonyl (C=O) groups is 5. The van der Waals surface area contributed by atoms with E-state index in [0.29, 0.717) is 42.8 Å². The van der Waals surface area contributed by atoms with Crippen molar-refractivity contribution in [1.29, 1.82) is 0 Å². The lowest BCUT2D eigenvalue weighted by Gasteiger charge is -2.29. The van der Waals surface area contributed by atoms with Crippen LogP contribution in [0.2, 0.25) is 0 Å². The lowest BCUT2D eigenvalue weighted by Crippen LogP contribution is -2.55. The Balaban J connectivity index is 2.04. The van der Waals surface area contributed by atoms with E-state index in [4.69, 9.17) is 4.74 Å². The third-order valence-electron chi connectivity index (χ3n) is 8.29. The molecule has 1 amide bonds. The van der Waals surface area contributed by atoms with Crippen molar-refractivity contribution >= 4 is 29.6 Å². The second kappa shape index (κ2) is 21.4. The predicted octanol–water partition coefficient (Wildman–Crippen LogP) is 5.60. The fourth-order valence-electron chi connectivity index (χ4n) is 5.43. The molecule has 0 bridgehead atoms. The van der Waals surface area contributed by atoms with Gasteiger partial charge in [-0.05, 0) is 37.3 Å². The standard InChI is InChI=1S/C37H50N2O10/c1-3-4-5-8-11-15-28(40)16-12-9-6-7-10-13-17-29(37(48,36(46)47)25-33(41)42)34(43)39-31(35(44)45)24-26-20-22-27(23-21-26)30-18-14-19-32(38-30)49-2/h13-14,17-23,29,31,48H,3-12,15-16,24-25H2,1-2H3,(H,39,43)(H,41,42)(H,44,45)(H,46,47)/b17-13+/t29-,31-,37-/m0/s1. The van der Waals surface area contributed by atoms with E-state index in [0.717, 1.165) is 56.6 Å². The summed E-state index contributed by atoms with van der Waals surface area (Å²) in [5, 5.41) is 42.2. The van der Waals surface area contributed by atoms with Crippen molar-refractivity contribution in [2.24, 2.45) is 5.92 Å². The number of ether oxygens (including phenoxy) is 1. The molecule has 12 heteroatoms. The Hall–Kier alpha value is -4.58. The van der Waals surface area contributed by atoms with Crippen molar-refractivity contribution in [1.82, 2.24) is 10.3 Å². The van der Waals surface area contributed by atoms with Gasteiger partial charge >= 0.3 is 17.9 Å². The molecular formula is C37H50N2O10. The number of aliphatic carboxylic acids is 3. The monoisotopic (exact) mass is 682 g/mol. The highest BCUT2D eigenvalue weighted by Crippen LogP contribution is 2.26. The van der Waals surface area contributed by atoms with Crippen LogP contribution < -0.4 is 10.1 Å². The zero-order valence-corrected chi connectivity index (χ0v) is 28.4. The van der Waals surface area contributed by atoms with Gasteiger partial charge in [-0.25, -0.2) is 14.6 Å². The van der Waals surface area contributed by atoms with Crippen LogP contribution in [0.1, 0.15) is 96.0 Å². The first-order chi connectivity index (χ1) is 23.4. The molecule has 0 aliphatic carbocycles. The first-order valence-corrected chi connectivity index (χ1v) is 16.9. The number of Topliss-reactive ketones (excluding diaryl/α,β-unsaturated/α-hetero) is 1. The largest absolute Gasteiger partial charge is 0.481 e. The number of amides is 1. The van der Waals surface area contributed by atoms with E-state index < -0.39 is 47.8 Å². The molecule has 5 N–H and O–H groups in total. The molecule has 12 nitrogen and oxygen atoms in total. The summed E-state index contributed by atoms with van der Waals surface area (Å²) in [6.45, 7) is 2.15. The average molecular weight is 683 g/mol. The highest BCUT2D eigenvalue weighted by molar-refractivity contribution is 5.94. The van der Waals surface area contributed by atoms with Crippen LogP contribution in [0.3, 0.4) is 0 Å². The minimum atomic E-state index is -3.03. The zero-order chi connectivity index (χ0) is 36.2. The first-order valence-electron chi connectivity index (χ1n) is 16.9. The van der Waals surface area contributed by atoms with Crippen LogP contribution in [0.5, 0.6) is 5.88 Å². The summed E-state index contributed by atoms with van der Waals surface area (Å²) < 4.78 is 5.15. The summed E-state index contributed by atoms with van der Waals surface area (Å²) in [6, 6.07) is 10.5. The van der Waals surface area contributed by atoms with Gasteiger partial charge in [-0.15, -0.1) is 0 Å². The number of unbranched alkanes of at least 4 members (excludes halogenated alkanes) is 8. The number of carboxylic acid groups (broad SMARTS) is 3. The Labute approximate surface area is 287 Å². The number of hydrogen-bond donors (Lipinski definition) is 5. The van der Waals surface area contributed by atoms with Crippen LogP contribution in [0.4, 0.5) is 0 Å². The fourth-order valence-corrected chi connectivity index (χ4v) is 5.43.